The topological polar surface area (TPSA) is 71.0 Å². The van der Waals surface area contributed by atoms with Crippen LogP contribution in [0.2, 0.25) is 10.0 Å². The van der Waals surface area contributed by atoms with E-state index >= 15 is 0 Å². The van der Waals surface area contributed by atoms with Gasteiger partial charge in [-0.2, -0.15) is 13.2 Å². The van der Waals surface area contributed by atoms with Crippen molar-refractivity contribution < 1.29 is 22.7 Å². The van der Waals surface area contributed by atoms with Crippen molar-refractivity contribution in [3.05, 3.63) is 61.5 Å². The van der Waals surface area contributed by atoms with Gasteiger partial charge in [-0.1, -0.05) is 46.8 Å². The number of carbonyl (C=O) groups is 1. The molecule has 2 aromatic rings. The zero-order chi connectivity index (χ0) is 27.4. The molecule has 6 nitrogen and oxygen atoms in total. The van der Waals surface area contributed by atoms with E-state index in [1.165, 1.54) is 13.2 Å². The molecule has 0 saturated carbocycles. The number of likely N-dealkylation sites (tertiary alicyclic amines) is 1. The average molecular weight is 581 g/mol. The molecule has 2 aromatic carbocycles. The molecular formula is C25H30Cl2F3N3O3S. The molecule has 1 saturated heterocycles. The van der Waals surface area contributed by atoms with Crippen LogP contribution >= 0.6 is 33.4 Å². The lowest BCUT2D eigenvalue weighted by atomic mass is 10.0. The first kappa shape index (κ1) is 29.5. The summed E-state index contributed by atoms with van der Waals surface area (Å²) in [6, 6.07) is 5.25. The predicted octanol–water partition coefficient (Wildman–Crippen LogP) is 7.43. The Hall–Kier alpha value is -2.01. The molecule has 12 heteroatoms. The number of alkyl halides is 3. The summed E-state index contributed by atoms with van der Waals surface area (Å²) in [4.78, 5) is 27.2. The number of rotatable bonds is 9. The van der Waals surface area contributed by atoms with Crippen molar-refractivity contribution in [2.24, 2.45) is 4.58 Å². The lowest BCUT2D eigenvalue weighted by Crippen LogP contribution is -2.30. The third-order valence-corrected chi connectivity index (χ3v) is 9.87. The molecule has 0 radical (unpaired) electrons. The van der Waals surface area contributed by atoms with Crippen LogP contribution in [0.4, 0.5) is 13.2 Å². The first-order valence-electron chi connectivity index (χ1n) is 11.8. The van der Waals surface area contributed by atoms with Gasteiger partial charge in [0.05, 0.1) is 17.6 Å². The van der Waals surface area contributed by atoms with E-state index in [1.54, 1.807) is 18.4 Å². The van der Waals surface area contributed by atoms with Crippen molar-refractivity contribution in [2.75, 3.05) is 32.2 Å². The molecule has 0 aliphatic carbocycles. The highest BCUT2D eigenvalue weighted by Gasteiger charge is 2.36. The summed E-state index contributed by atoms with van der Waals surface area (Å²) in [5.74, 6) is 0.0487. The molecule has 204 valence electrons. The number of halogens is 5. The first-order chi connectivity index (χ1) is 17.4. The highest BCUT2D eigenvalue weighted by atomic mass is 35.5. The summed E-state index contributed by atoms with van der Waals surface area (Å²) in [5, 5.41) is 2.85. The Labute approximate surface area is 226 Å². The van der Waals surface area contributed by atoms with Crippen LogP contribution in [0, 0.1) is 4.91 Å². The van der Waals surface area contributed by atoms with Crippen LogP contribution in [0.1, 0.15) is 53.2 Å². The van der Waals surface area contributed by atoms with Crippen molar-refractivity contribution in [2.45, 2.75) is 50.3 Å². The third kappa shape index (κ3) is 6.90. The van der Waals surface area contributed by atoms with Crippen LogP contribution in [0.5, 0.6) is 5.75 Å². The molecule has 1 aliphatic rings. The Kier molecular flexibility index (Phi) is 9.77. The number of hydrogen-bond acceptors (Lipinski definition) is 5. The van der Waals surface area contributed by atoms with Gasteiger partial charge in [-0.25, -0.2) is 0 Å². The minimum atomic E-state index is -4.68. The molecule has 1 heterocycles. The summed E-state index contributed by atoms with van der Waals surface area (Å²) in [6.07, 6.45) is -0.0617. The number of carbonyl (C=O) groups excluding carboxylic acids is 1. The van der Waals surface area contributed by atoms with Gasteiger partial charge in [-0.3, -0.25) is 9.69 Å². The van der Waals surface area contributed by atoms with Crippen LogP contribution in [-0.2, 0) is 19.3 Å². The highest BCUT2D eigenvalue weighted by Crippen LogP contribution is 2.59. The largest absolute Gasteiger partial charge is 0.496 e. The zero-order valence-corrected chi connectivity index (χ0v) is 23.2. The maximum absolute atomic E-state index is 14.0. The fourth-order valence-corrected chi connectivity index (χ4v) is 6.69. The Morgan fingerprint density at radius 1 is 1.16 bits per heavy atom. The van der Waals surface area contributed by atoms with E-state index in [9.17, 15) is 22.9 Å². The average Bonchev–Trinajstić information content (AvgIpc) is 2.87. The Morgan fingerprint density at radius 3 is 2.41 bits per heavy atom. The Morgan fingerprint density at radius 2 is 1.84 bits per heavy atom. The SMILES string of the molecule is CCS(C)(N=O)c1c(CNC(=O)c2cc(Cl)c(CN3CCCCC3)c(C(F)(F)F)c2)cc(Cl)cc1OC. The molecular weight excluding hydrogens is 550 g/mol. The first-order valence-corrected chi connectivity index (χ1v) is 14.7. The quantitative estimate of drug-likeness (QED) is 0.313. The third-order valence-electron chi connectivity index (χ3n) is 6.52. The van der Waals surface area contributed by atoms with Gasteiger partial charge in [0.1, 0.15) is 5.75 Å². The molecule has 0 aromatic heterocycles. The van der Waals surface area contributed by atoms with E-state index < -0.39 is 27.9 Å². The molecule has 0 bridgehead atoms. The fraction of sp³-hybridized carbons (Fsp3) is 0.480. The van der Waals surface area contributed by atoms with E-state index in [0.29, 0.717) is 40.1 Å². The summed E-state index contributed by atoms with van der Waals surface area (Å²) in [6.45, 7) is 3.19. The number of methoxy groups -OCH3 is 1. The van der Waals surface area contributed by atoms with Crippen molar-refractivity contribution in [3.8, 4) is 5.75 Å². The number of hydrogen-bond donors (Lipinski definition) is 1. The van der Waals surface area contributed by atoms with Crippen LogP contribution in [0.15, 0.2) is 33.7 Å². The van der Waals surface area contributed by atoms with Crippen molar-refractivity contribution in [3.63, 3.8) is 0 Å². The van der Waals surface area contributed by atoms with Crippen LogP contribution in [-0.4, -0.2) is 43.0 Å². The molecule has 3 rings (SSSR count). The van der Waals surface area contributed by atoms with E-state index in [-0.39, 0.29) is 29.2 Å². The van der Waals surface area contributed by atoms with Gasteiger partial charge >= 0.3 is 6.18 Å². The van der Waals surface area contributed by atoms with Crippen LogP contribution in [0.25, 0.3) is 0 Å². The van der Waals surface area contributed by atoms with Gasteiger partial charge in [0.25, 0.3) is 5.91 Å². The highest BCUT2D eigenvalue weighted by molar-refractivity contribution is 8.32. The molecule has 0 spiro atoms. The number of benzene rings is 2. The minimum absolute atomic E-state index is 0.0335. The monoisotopic (exact) mass is 579 g/mol. The predicted molar refractivity (Wildman–Crippen MR) is 143 cm³/mol. The lowest BCUT2D eigenvalue weighted by molar-refractivity contribution is -0.138. The number of ether oxygens (including phenoxy) is 1. The number of nitrogens with one attached hydrogen (secondary N) is 1. The van der Waals surface area contributed by atoms with Gasteiger partial charge in [0.2, 0.25) is 0 Å². The smallest absolute Gasteiger partial charge is 0.416 e. The fourth-order valence-electron chi connectivity index (χ4n) is 4.44. The molecule has 1 N–H and O–H groups in total. The van der Waals surface area contributed by atoms with Crippen LogP contribution < -0.4 is 10.1 Å². The molecule has 1 aliphatic heterocycles. The molecule has 1 amide bonds. The molecule has 1 atom stereocenters. The number of nitroso groups, excluding NO2 is 1. The molecule has 1 fully saturated rings. The second-order valence-corrected chi connectivity index (χ2v) is 13.1. The summed E-state index contributed by atoms with van der Waals surface area (Å²) in [5.41, 5.74) is -0.669. The van der Waals surface area contributed by atoms with E-state index in [1.807, 2.05) is 11.8 Å². The Bertz CT molecular complexity index is 1160. The van der Waals surface area contributed by atoms with E-state index in [2.05, 4.69) is 9.90 Å². The minimum Gasteiger partial charge on any atom is -0.496 e. The van der Waals surface area contributed by atoms with Gasteiger partial charge in [0, 0.05) is 28.7 Å². The molecule has 37 heavy (non-hydrogen) atoms. The normalized spacial score (nSPS) is 17.1. The van der Waals surface area contributed by atoms with Crippen molar-refractivity contribution >= 4 is 39.3 Å². The van der Waals surface area contributed by atoms with Crippen LogP contribution in [0.3, 0.4) is 0 Å². The van der Waals surface area contributed by atoms with Gasteiger partial charge in [0.15, 0.2) is 0 Å². The maximum atomic E-state index is 14.0. The Balaban J connectivity index is 1.92. The van der Waals surface area contributed by atoms with Crippen molar-refractivity contribution in [1.82, 2.24) is 10.2 Å². The summed E-state index contributed by atoms with van der Waals surface area (Å²) < 4.78 is 50.8. The van der Waals surface area contributed by atoms with Crippen molar-refractivity contribution in [1.29, 1.82) is 0 Å². The standard InChI is InChI=1S/C25H30Cl2F3N3O3S/c1-4-37(3,32-35)23-17(10-18(26)13-22(23)36-2)14-31-24(34)16-11-20(25(28,29)30)19(21(27)12-16)15-33-8-6-5-7-9-33/h10-13H,4-9,14-15H2,1-3H3,(H,31,34). The van der Waals surface area contributed by atoms with Gasteiger partial charge < -0.3 is 10.1 Å². The maximum Gasteiger partial charge on any atom is 0.416 e. The zero-order valence-electron chi connectivity index (χ0n) is 20.9. The summed E-state index contributed by atoms with van der Waals surface area (Å²) >= 11 is 12.5. The number of nitrogens with zero attached hydrogens (tertiary/aromatic N) is 2. The van der Waals surface area contributed by atoms with Gasteiger partial charge in [-0.15, -0.1) is 4.91 Å². The van der Waals surface area contributed by atoms with E-state index in [0.717, 1.165) is 25.3 Å². The number of amides is 1. The summed E-state index contributed by atoms with van der Waals surface area (Å²) in [7, 11) is -0.754. The lowest BCUT2D eigenvalue weighted by Gasteiger charge is -2.30. The van der Waals surface area contributed by atoms with Gasteiger partial charge in [-0.05, 0) is 77.9 Å². The number of piperidine rings is 1. The second-order valence-electron chi connectivity index (χ2n) is 9.00. The second kappa shape index (κ2) is 12.2. The molecule has 1 unspecified atom stereocenters. The van der Waals surface area contributed by atoms with E-state index in [4.69, 9.17) is 27.9 Å².